The Morgan fingerprint density at radius 2 is 0.880 bits per heavy atom. The van der Waals surface area contributed by atoms with Crippen molar-refractivity contribution in [3.8, 4) is 33.4 Å². The zero-order chi connectivity index (χ0) is 33.3. The number of hydrogen-bond acceptors (Lipinski definition) is 2. The molecular weight excluding hydrogens is 605 g/mol. The summed E-state index contributed by atoms with van der Waals surface area (Å²) in [7, 11) is 0. The van der Waals surface area contributed by atoms with Crippen LogP contribution in [0.2, 0.25) is 0 Å². The molecule has 9 rings (SSSR count). The normalized spacial score (nSPS) is 12.2. The van der Waals surface area contributed by atoms with E-state index in [1.807, 2.05) is 0 Å². The highest BCUT2D eigenvalue weighted by Gasteiger charge is 2.20. The van der Waals surface area contributed by atoms with Crippen LogP contribution in [0, 0.1) is 0 Å². The molecule has 0 atom stereocenters. The van der Waals surface area contributed by atoms with Gasteiger partial charge in [0, 0.05) is 35.0 Å². The molecule has 0 aliphatic carbocycles. The number of fused-ring (bicyclic) bond motifs is 2. The molecule has 50 heavy (non-hydrogen) atoms. The third-order valence-corrected chi connectivity index (χ3v) is 9.94. The standard InChI is InChI=1S/C48H36N2/c1-2-13-44(14-3-1)50(46-29-25-39(26-30-46)43-22-21-35-9-4-5-11-41(35)33-43)45-27-23-37(24-28-45)36-17-19-38(20-18-36)42-12-8-15-47(34-42)49-32-31-40-10-6-7-16-48(40)49/h1-30,33-34H,31-32H2. The van der Waals surface area contributed by atoms with Crippen LogP contribution in [0.15, 0.2) is 194 Å². The maximum Gasteiger partial charge on any atom is 0.0462 e. The van der Waals surface area contributed by atoms with E-state index in [4.69, 9.17) is 0 Å². The quantitative estimate of drug-likeness (QED) is 0.171. The van der Waals surface area contributed by atoms with E-state index >= 15 is 0 Å². The highest BCUT2D eigenvalue weighted by Crippen LogP contribution is 2.38. The molecule has 1 aliphatic rings. The summed E-state index contributed by atoms with van der Waals surface area (Å²) in [5, 5.41) is 2.52. The Labute approximate surface area is 294 Å². The number of nitrogens with zero attached hydrogens (tertiary/aromatic N) is 2. The average Bonchev–Trinajstić information content (AvgIpc) is 3.63. The molecule has 0 spiro atoms. The van der Waals surface area contributed by atoms with Gasteiger partial charge in [-0.05, 0) is 117 Å². The third-order valence-electron chi connectivity index (χ3n) is 9.94. The highest BCUT2D eigenvalue weighted by molar-refractivity contribution is 5.88. The summed E-state index contributed by atoms with van der Waals surface area (Å²) >= 11 is 0. The van der Waals surface area contributed by atoms with Crippen LogP contribution in [0.3, 0.4) is 0 Å². The van der Waals surface area contributed by atoms with Gasteiger partial charge in [0.05, 0.1) is 0 Å². The molecule has 0 saturated carbocycles. The molecule has 0 bridgehead atoms. The van der Waals surface area contributed by atoms with Gasteiger partial charge >= 0.3 is 0 Å². The summed E-state index contributed by atoms with van der Waals surface area (Å²) < 4.78 is 0. The lowest BCUT2D eigenvalue weighted by Gasteiger charge is -2.26. The summed E-state index contributed by atoms with van der Waals surface area (Å²) in [4.78, 5) is 4.76. The fourth-order valence-corrected chi connectivity index (χ4v) is 7.31. The van der Waals surface area contributed by atoms with Gasteiger partial charge in [-0.2, -0.15) is 0 Å². The van der Waals surface area contributed by atoms with Crippen LogP contribution < -0.4 is 9.80 Å². The van der Waals surface area contributed by atoms with Crippen molar-refractivity contribution in [2.75, 3.05) is 16.3 Å². The van der Waals surface area contributed by atoms with E-state index < -0.39 is 0 Å². The second-order valence-corrected chi connectivity index (χ2v) is 13.0. The van der Waals surface area contributed by atoms with Crippen molar-refractivity contribution in [1.82, 2.24) is 0 Å². The molecule has 8 aromatic rings. The molecule has 2 nitrogen and oxygen atoms in total. The Morgan fingerprint density at radius 3 is 1.58 bits per heavy atom. The number of rotatable bonds is 7. The molecule has 0 unspecified atom stereocenters. The van der Waals surface area contributed by atoms with Gasteiger partial charge in [-0.25, -0.2) is 0 Å². The van der Waals surface area contributed by atoms with E-state index in [0.717, 1.165) is 30.0 Å². The molecule has 0 saturated heterocycles. The predicted octanol–water partition coefficient (Wildman–Crippen LogP) is 13.0. The Kier molecular flexibility index (Phi) is 7.68. The lowest BCUT2D eigenvalue weighted by molar-refractivity contribution is 0.999. The van der Waals surface area contributed by atoms with E-state index in [1.54, 1.807) is 0 Å². The monoisotopic (exact) mass is 640 g/mol. The maximum atomic E-state index is 2.44. The van der Waals surface area contributed by atoms with E-state index in [2.05, 4.69) is 204 Å². The molecule has 238 valence electrons. The Morgan fingerprint density at radius 1 is 0.360 bits per heavy atom. The molecule has 0 N–H and O–H groups in total. The molecule has 2 heteroatoms. The van der Waals surface area contributed by atoms with Crippen LogP contribution in [0.5, 0.6) is 0 Å². The Bertz CT molecular complexity index is 2410. The summed E-state index contributed by atoms with van der Waals surface area (Å²) in [6.45, 7) is 1.02. The van der Waals surface area contributed by atoms with Crippen LogP contribution in [0.4, 0.5) is 28.4 Å². The van der Waals surface area contributed by atoms with E-state index in [9.17, 15) is 0 Å². The van der Waals surface area contributed by atoms with E-state index in [0.29, 0.717) is 0 Å². The lowest BCUT2D eigenvalue weighted by atomic mass is 9.99. The van der Waals surface area contributed by atoms with E-state index in [1.165, 1.54) is 61.1 Å². The fraction of sp³-hybridized carbons (Fsp3) is 0.0417. The maximum absolute atomic E-state index is 2.44. The zero-order valence-electron chi connectivity index (χ0n) is 27.8. The van der Waals surface area contributed by atoms with Gasteiger partial charge in [-0.3, -0.25) is 0 Å². The van der Waals surface area contributed by atoms with Crippen molar-refractivity contribution in [2.24, 2.45) is 0 Å². The van der Waals surface area contributed by atoms with Crippen LogP contribution in [-0.2, 0) is 6.42 Å². The van der Waals surface area contributed by atoms with Crippen molar-refractivity contribution < 1.29 is 0 Å². The molecular formula is C48H36N2. The summed E-state index contributed by atoms with van der Waals surface area (Å²) in [6.07, 6.45) is 1.09. The van der Waals surface area contributed by atoms with E-state index in [-0.39, 0.29) is 0 Å². The Balaban J connectivity index is 0.969. The van der Waals surface area contributed by atoms with Crippen LogP contribution in [0.25, 0.3) is 44.2 Å². The second kappa shape index (κ2) is 12.9. The lowest BCUT2D eigenvalue weighted by Crippen LogP contribution is -2.13. The van der Waals surface area contributed by atoms with Crippen LogP contribution in [0.1, 0.15) is 5.56 Å². The fourth-order valence-electron chi connectivity index (χ4n) is 7.31. The van der Waals surface area contributed by atoms with Gasteiger partial charge in [0.1, 0.15) is 0 Å². The predicted molar refractivity (Wildman–Crippen MR) is 212 cm³/mol. The van der Waals surface area contributed by atoms with Crippen molar-refractivity contribution in [2.45, 2.75) is 6.42 Å². The third kappa shape index (κ3) is 5.71. The summed E-state index contributed by atoms with van der Waals surface area (Å²) in [6, 6.07) is 70.3. The van der Waals surface area contributed by atoms with Gasteiger partial charge in [0.25, 0.3) is 0 Å². The largest absolute Gasteiger partial charge is 0.341 e. The number of hydrogen-bond donors (Lipinski definition) is 0. The number of para-hydroxylation sites is 2. The highest BCUT2D eigenvalue weighted by atomic mass is 15.2. The molecule has 0 amide bonds. The van der Waals surface area contributed by atoms with Gasteiger partial charge in [0.15, 0.2) is 0 Å². The van der Waals surface area contributed by atoms with Gasteiger partial charge in [-0.15, -0.1) is 0 Å². The first-order valence-corrected chi connectivity index (χ1v) is 17.4. The Hall–Kier alpha value is -6.38. The number of benzene rings is 8. The van der Waals surface area contributed by atoms with Gasteiger partial charge in [0.2, 0.25) is 0 Å². The SMILES string of the molecule is c1ccc(N(c2ccc(-c3ccc(-c4cccc(N5CCc6ccccc65)c4)cc3)cc2)c2ccc(-c3ccc4ccccc4c3)cc2)cc1. The number of anilines is 5. The average molecular weight is 641 g/mol. The zero-order valence-corrected chi connectivity index (χ0v) is 27.8. The first kappa shape index (κ1) is 29.7. The summed E-state index contributed by atoms with van der Waals surface area (Å²) in [5.41, 5.74) is 14.7. The summed E-state index contributed by atoms with van der Waals surface area (Å²) in [5.74, 6) is 0. The van der Waals surface area contributed by atoms with Crippen LogP contribution in [-0.4, -0.2) is 6.54 Å². The van der Waals surface area contributed by atoms with Gasteiger partial charge in [-0.1, -0.05) is 133 Å². The molecule has 0 aromatic heterocycles. The second-order valence-electron chi connectivity index (χ2n) is 13.0. The minimum absolute atomic E-state index is 1.02. The topological polar surface area (TPSA) is 6.48 Å². The molecule has 0 fully saturated rings. The van der Waals surface area contributed by atoms with Crippen LogP contribution >= 0.6 is 0 Å². The van der Waals surface area contributed by atoms with Crippen molar-refractivity contribution in [1.29, 1.82) is 0 Å². The van der Waals surface area contributed by atoms with Crippen molar-refractivity contribution >= 4 is 39.2 Å². The first-order chi connectivity index (χ1) is 24.8. The molecule has 8 aromatic carbocycles. The smallest absolute Gasteiger partial charge is 0.0462 e. The molecule has 1 aliphatic heterocycles. The van der Waals surface area contributed by atoms with Gasteiger partial charge < -0.3 is 9.80 Å². The molecule has 0 radical (unpaired) electrons. The minimum Gasteiger partial charge on any atom is -0.341 e. The van der Waals surface area contributed by atoms with Crippen molar-refractivity contribution in [3.63, 3.8) is 0 Å². The molecule has 1 heterocycles. The minimum atomic E-state index is 1.02. The first-order valence-electron chi connectivity index (χ1n) is 17.4. The van der Waals surface area contributed by atoms with Crippen molar-refractivity contribution in [3.05, 3.63) is 200 Å².